The van der Waals surface area contributed by atoms with Gasteiger partial charge in [-0.2, -0.15) is 0 Å². The summed E-state index contributed by atoms with van der Waals surface area (Å²) in [6.07, 6.45) is 3.04. The van der Waals surface area contributed by atoms with E-state index in [9.17, 15) is 4.79 Å². The fourth-order valence-electron chi connectivity index (χ4n) is 3.42. The van der Waals surface area contributed by atoms with Gasteiger partial charge >= 0.3 is 0 Å². The Morgan fingerprint density at radius 1 is 1.19 bits per heavy atom. The number of halogens is 2. The van der Waals surface area contributed by atoms with E-state index in [1.54, 1.807) is 0 Å². The molecule has 7 heteroatoms. The molecule has 0 bridgehead atoms. The van der Waals surface area contributed by atoms with Crippen molar-refractivity contribution in [3.05, 3.63) is 35.9 Å². The number of rotatable bonds is 9. The number of benzene rings is 1. The highest BCUT2D eigenvalue weighted by Crippen LogP contribution is 2.13. The van der Waals surface area contributed by atoms with Gasteiger partial charge in [0.25, 0.3) is 0 Å². The van der Waals surface area contributed by atoms with Crippen LogP contribution >= 0.6 is 24.8 Å². The summed E-state index contributed by atoms with van der Waals surface area (Å²) in [6, 6.07) is 11.3. The fraction of sp³-hybridized carbons (Fsp3) is 0.650. The third kappa shape index (κ3) is 9.77. The second kappa shape index (κ2) is 14.2. The Balaban J connectivity index is 0.00000338. The van der Waals surface area contributed by atoms with E-state index in [4.69, 9.17) is 5.73 Å². The minimum absolute atomic E-state index is 0. The van der Waals surface area contributed by atoms with Crippen molar-refractivity contribution in [2.45, 2.75) is 45.2 Å². The number of nitrogens with zero attached hydrogens (tertiary/aromatic N) is 2. The van der Waals surface area contributed by atoms with Crippen LogP contribution in [0.4, 0.5) is 0 Å². The van der Waals surface area contributed by atoms with Gasteiger partial charge in [-0.1, -0.05) is 30.3 Å². The lowest BCUT2D eigenvalue weighted by Gasteiger charge is -2.35. The van der Waals surface area contributed by atoms with Crippen LogP contribution in [0.2, 0.25) is 0 Å². The van der Waals surface area contributed by atoms with Gasteiger partial charge in [-0.3, -0.25) is 9.69 Å². The van der Waals surface area contributed by atoms with Gasteiger partial charge < -0.3 is 16.0 Å². The van der Waals surface area contributed by atoms with E-state index in [1.165, 1.54) is 5.56 Å². The highest BCUT2D eigenvalue weighted by Gasteiger charge is 2.22. The summed E-state index contributed by atoms with van der Waals surface area (Å²) in [7, 11) is 0. The number of likely N-dealkylation sites (tertiary alicyclic amines) is 1. The molecule has 1 aromatic rings. The standard InChI is InChI=1S/C20H34N4O.2ClH/c1-17(2)24-13-9-19(10-14-24)22-20(25)16-23(15-11-21)12-8-18-6-4-3-5-7-18;;/h3-7,17,19H,8-16,21H2,1-2H3,(H,22,25);2*1H. The maximum Gasteiger partial charge on any atom is 0.234 e. The Kier molecular flexibility index (Phi) is 13.7. The van der Waals surface area contributed by atoms with Crippen LogP contribution in [0.25, 0.3) is 0 Å². The van der Waals surface area contributed by atoms with Crippen molar-refractivity contribution in [1.29, 1.82) is 0 Å². The average molecular weight is 419 g/mol. The van der Waals surface area contributed by atoms with Crippen LogP contribution in [-0.2, 0) is 11.2 Å². The second-order valence-electron chi connectivity index (χ2n) is 7.27. The zero-order chi connectivity index (χ0) is 18.1. The summed E-state index contributed by atoms with van der Waals surface area (Å²) in [5.74, 6) is 0.129. The summed E-state index contributed by atoms with van der Waals surface area (Å²) in [5.41, 5.74) is 7.02. The Labute approximate surface area is 176 Å². The highest BCUT2D eigenvalue weighted by molar-refractivity contribution is 5.85. The molecule has 0 saturated carbocycles. The van der Waals surface area contributed by atoms with Gasteiger partial charge in [0.2, 0.25) is 5.91 Å². The van der Waals surface area contributed by atoms with Crippen molar-refractivity contribution in [3.8, 4) is 0 Å². The van der Waals surface area contributed by atoms with Crippen LogP contribution in [0.5, 0.6) is 0 Å². The molecule has 1 saturated heterocycles. The highest BCUT2D eigenvalue weighted by atomic mass is 35.5. The molecule has 0 radical (unpaired) electrons. The third-order valence-electron chi connectivity index (χ3n) is 5.00. The zero-order valence-electron chi connectivity index (χ0n) is 16.6. The first-order valence-electron chi connectivity index (χ1n) is 9.58. The minimum Gasteiger partial charge on any atom is -0.352 e. The van der Waals surface area contributed by atoms with Crippen molar-refractivity contribution in [2.75, 3.05) is 39.3 Å². The molecule has 3 N–H and O–H groups in total. The molecule has 0 unspecified atom stereocenters. The number of nitrogens with two attached hydrogens (primary N) is 1. The van der Waals surface area contributed by atoms with Gasteiger partial charge in [-0.25, -0.2) is 0 Å². The van der Waals surface area contributed by atoms with Gasteiger partial charge in [-0.05, 0) is 38.7 Å². The lowest BCUT2D eigenvalue weighted by atomic mass is 10.0. The Morgan fingerprint density at radius 3 is 2.37 bits per heavy atom. The van der Waals surface area contributed by atoms with Gasteiger partial charge in [-0.15, -0.1) is 24.8 Å². The SMILES string of the molecule is CC(C)N1CCC(NC(=O)CN(CCN)CCc2ccccc2)CC1.Cl.Cl. The van der Waals surface area contributed by atoms with Crippen LogP contribution in [0, 0.1) is 0 Å². The molecule has 0 aliphatic carbocycles. The van der Waals surface area contributed by atoms with E-state index < -0.39 is 0 Å². The number of carbonyl (C=O) groups is 1. The molecule has 1 heterocycles. The van der Waals surface area contributed by atoms with Crippen LogP contribution < -0.4 is 11.1 Å². The molecule has 1 amide bonds. The second-order valence-corrected chi connectivity index (χ2v) is 7.27. The van der Waals surface area contributed by atoms with E-state index in [1.807, 2.05) is 6.07 Å². The summed E-state index contributed by atoms with van der Waals surface area (Å²) in [4.78, 5) is 17.0. The third-order valence-corrected chi connectivity index (χ3v) is 5.00. The molecule has 1 aliphatic heterocycles. The van der Waals surface area contributed by atoms with Gasteiger partial charge in [0.1, 0.15) is 0 Å². The Hall–Kier alpha value is -0.850. The number of nitrogens with one attached hydrogen (secondary N) is 1. The Bertz CT molecular complexity index is 508. The Morgan fingerprint density at radius 2 is 1.81 bits per heavy atom. The van der Waals surface area contributed by atoms with Gasteiger partial charge in [0.05, 0.1) is 6.54 Å². The predicted octanol–water partition coefficient (Wildman–Crippen LogP) is 2.32. The first-order valence-corrected chi connectivity index (χ1v) is 9.58. The molecule has 156 valence electrons. The number of piperidine rings is 1. The number of hydrogen-bond acceptors (Lipinski definition) is 4. The smallest absolute Gasteiger partial charge is 0.234 e. The van der Waals surface area contributed by atoms with E-state index in [-0.39, 0.29) is 30.7 Å². The molecule has 5 nitrogen and oxygen atoms in total. The molecule has 0 spiro atoms. The molecular formula is C20H36Cl2N4O. The average Bonchev–Trinajstić information content (AvgIpc) is 2.61. The lowest BCUT2D eigenvalue weighted by molar-refractivity contribution is -0.123. The van der Waals surface area contributed by atoms with Crippen molar-refractivity contribution in [2.24, 2.45) is 5.73 Å². The minimum atomic E-state index is 0. The summed E-state index contributed by atoms with van der Waals surface area (Å²) in [6.45, 7) is 9.24. The maximum atomic E-state index is 12.4. The summed E-state index contributed by atoms with van der Waals surface area (Å²) < 4.78 is 0. The van der Waals surface area contributed by atoms with Gasteiger partial charge in [0.15, 0.2) is 0 Å². The topological polar surface area (TPSA) is 61.6 Å². The lowest BCUT2D eigenvalue weighted by Crippen LogP contribution is -2.49. The van der Waals surface area contributed by atoms with E-state index in [0.29, 0.717) is 25.2 Å². The molecule has 2 rings (SSSR count). The van der Waals surface area contributed by atoms with Crippen LogP contribution in [0.3, 0.4) is 0 Å². The van der Waals surface area contributed by atoms with Crippen molar-refractivity contribution >= 4 is 30.7 Å². The molecule has 1 fully saturated rings. The zero-order valence-corrected chi connectivity index (χ0v) is 18.2. The van der Waals surface area contributed by atoms with Crippen molar-refractivity contribution in [1.82, 2.24) is 15.1 Å². The summed E-state index contributed by atoms with van der Waals surface area (Å²) in [5, 5.41) is 3.22. The van der Waals surface area contributed by atoms with E-state index in [0.717, 1.165) is 45.4 Å². The van der Waals surface area contributed by atoms with Crippen LogP contribution in [-0.4, -0.2) is 67.1 Å². The molecule has 1 aromatic carbocycles. The number of carbonyl (C=O) groups excluding carboxylic acids is 1. The largest absolute Gasteiger partial charge is 0.352 e. The van der Waals surface area contributed by atoms with E-state index in [2.05, 4.69) is 53.2 Å². The van der Waals surface area contributed by atoms with Crippen molar-refractivity contribution < 1.29 is 4.79 Å². The predicted molar refractivity (Wildman–Crippen MR) is 118 cm³/mol. The number of amides is 1. The first kappa shape index (κ1) is 26.1. The van der Waals surface area contributed by atoms with Crippen LogP contribution in [0.1, 0.15) is 32.3 Å². The van der Waals surface area contributed by atoms with Gasteiger partial charge in [0, 0.05) is 44.8 Å². The monoisotopic (exact) mass is 418 g/mol. The quantitative estimate of drug-likeness (QED) is 0.645. The molecule has 0 aromatic heterocycles. The molecular weight excluding hydrogens is 383 g/mol. The molecule has 1 aliphatic rings. The molecule has 0 atom stereocenters. The fourth-order valence-corrected chi connectivity index (χ4v) is 3.42. The molecule has 27 heavy (non-hydrogen) atoms. The van der Waals surface area contributed by atoms with Crippen molar-refractivity contribution in [3.63, 3.8) is 0 Å². The summed E-state index contributed by atoms with van der Waals surface area (Å²) >= 11 is 0. The first-order chi connectivity index (χ1) is 12.1. The number of hydrogen-bond donors (Lipinski definition) is 2. The normalized spacial score (nSPS) is 15.3. The van der Waals surface area contributed by atoms with E-state index >= 15 is 0 Å². The maximum absolute atomic E-state index is 12.4. The van der Waals surface area contributed by atoms with Crippen LogP contribution in [0.15, 0.2) is 30.3 Å².